The summed E-state index contributed by atoms with van der Waals surface area (Å²) in [6.07, 6.45) is 1.18. The van der Waals surface area contributed by atoms with Gasteiger partial charge >= 0.3 is 0 Å². The maximum Gasteiger partial charge on any atom is 0.211 e. The van der Waals surface area contributed by atoms with Gasteiger partial charge in [-0.3, -0.25) is 0 Å². The number of halogens is 1. The first-order chi connectivity index (χ1) is 7.34. The lowest BCUT2D eigenvalue weighted by Gasteiger charge is -2.16. The van der Waals surface area contributed by atoms with Crippen LogP contribution in [0.3, 0.4) is 0 Å². The van der Waals surface area contributed by atoms with Crippen LogP contribution in [0.4, 0.5) is 0 Å². The summed E-state index contributed by atoms with van der Waals surface area (Å²) in [5.41, 5.74) is 0.824. The Bertz CT molecular complexity index is 473. The van der Waals surface area contributed by atoms with E-state index in [4.69, 9.17) is 4.74 Å². The van der Waals surface area contributed by atoms with E-state index in [0.717, 1.165) is 10.0 Å². The Balaban J connectivity index is 3.00. The van der Waals surface area contributed by atoms with Gasteiger partial charge in [0, 0.05) is 23.6 Å². The molecule has 0 N–H and O–H groups in total. The molecule has 1 aromatic carbocycles. The lowest BCUT2D eigenvalue weighted by atomic mass is 10.2. The first-order valence-electron chi connectivity index (χ1n) is 4.58. The van der Waals surface area contributed by atoms with Crippen molar-refractivity contribution in [2.45, 2.75) is 6.54 Å². The summed E-state index contributed by atoms with van der Waals surface area (Å²) in [5.74, 6) is 0.679. The molecule has 0 atom stereocenters. The molecule has 0 bridgehead atoms. The van der Waals surface area contributed by atoms with E-state index in [9.17, 15) is 8.42 Å². The molecule has 0 heterocycles. The van der Waals surface area contributed by atoms with Crippen LogP contribution in [0.2, 0.25) is 0 Å². The first kappa shape index (κ1) is 13.5. The summed E-state index contributed by atoms with van der Waals surface area (Å²) in [6.45, 7) is 0.293. The molecule has 0 amide bonds. The second-order valence-corrected chi connectivity index (χ2v) is 6.48. The van der Waals surface area contributed by atoms with Crippen LogP contribution in [-0.2, 0) is 16.6 Å². The van der Waals surface area contributed by atoms with Crippen LogP contribution in [0.1, 0.15) is 5.56 Å². The van der Waals surface area contributed by atoms with Gasteiger partial charge < -0.3 is 4.74 Å². The normalized spacial score (nSPS) is 11.8. The molecule has 0 radical (unpaired) electrons. The van der Waals surface area contributed by atoms with Crippen LogP contribution in [-0.4, -0.2) is 33.1 Å². The third-order valence-corrected chi connectivity index (χ3v) is 3.96. The van der Waals surface area contributed by atoms with Crippen molar-refractivity contribution in [3.05, 3.63) is 28.2 Å². The van der Waals surface area contributed by atoms with E-state index in [-0.39, 0.29) is 0 Å². The highest BCUT2D eigenvalue weighted by Gasteiger charge is 2.14. The molecule has 16 heavy (non-hydrogen) atoms. The number of benzene rings is 1. The van der Waals surface area contributed by atoms with Gasteiger partial charge in [-0.05, 0) is 18.2 Å². The van der Waals surface area contributed by atoms with Crippen molar-refractivity contribution in [2.24, 2.45) is 0 Å². The lowest BCUT2D eigenvalue weighted by Crippen LogP contribution is -2.25. The average Bonchev–Trinajstić information content (AvgIpc) is 2.16. The molecule has 0 aliphatic heterocycles. The van der Waals surface area contributed by atoms with Gasteiger partial charge in [0.2, 0.25) is 10.0 Å². The Morgan fingerprint density at radius 2 is 2.06 bits per heavy atom. The lowest BCUT2D eigenvalue weighted by molar-refractivity contribution is 0.398. The minimum absolute atomic E-state index is 0.293. The predicted molar refractivity (Wildman–Crippen MR) is 67.0 cm³/mol. The fraction of sp³-hybridized carbons (Fsp3) is 0.400. The third-order valence-electron chi connectivity index (χ3n) is 2.20. The number of hydrogen-bond donors (Lipinski definition) is 0. The van der Waals surface area contributed by atoms with Crippen LogP contribution in [0, 0.1) is 0 Å². The standard InChI is InChI=1S/C10H14BrNO3S/c1-12(16(3,13)14)7-8-6-9(11)4-5-10(8)15-2/h4-6H,7H2,1-3H3. The molecule has 0 aliphatic carbocycles. The molecule has 90 valence electrons. The molecule has 0 fully saturated rings. The summed E-state index contributed by atoms with van der Waals surface area (Å²) in [4.78, 5) is 0. The van der Waals surface area contributed by atoms with Crippen LogP contribution in [0.5, 0.6) is 5.75 Å². The SMILES string of the molecule is COc1ccc(Br)cc1CN(C)S(C)(=O)=O. The van der Waals surface area contributed by atoms with Crippen LogP contribution >= 0.6 is 15.9 Å². The van der Waals surface area contributed by atoms with E-state index in [2.05, 4.69) is 15.9 Å². The van der Waals surface area contributed by atoms with Crippen molar-refractivity contribution in [3.63, 3.8) is 0 Å². The maximum atomic E-state index is 11.3. The summed E-state index contributed by atoms with van der Waals surface area (Å²) in [6, 6.07) is 5.50. The van der Waals surface area contributed by atoms with Crippen LogP contribution < -0.4 is 4.74 Å². The van der Waals surface area contributed by atoms with Gasteiger partial charge in [0.1, 0.15) is 5.75 Å². The molecule has 4 nitrogen and oxygen atoms in total. The monoisotopic (exact) mass is 307 g/mol. The quantitative estimate of drug-likeness (QED) is 0.853. The first-order valence-corrected chi connectivity index (χ1v) is 7.22. The molecule has 0 saturated carbocycles. The molecular formula is C10H14BrNO3S. The fourth-order valence-electron chi connectivity index (χ4n) is 1.23. The molecule has 0 aromatic heterocycles. The smallest absolute Gasteiger partial charge is 0.211 e. The second-order valence-electron chi connectivity index (χ2n) is 3.48. The third kappa shape index (κ3) is 3.47. The van der Waals surface area contributed by atoms with Gasteiger partial charge in [-0.1, -0.05) is 15.9 Å². The zero-order valence-electron chi connectivity index (χ0n) is 9.40. The van der Waals surface area contributed by atoms with E-state index in [1.165, 1.54) is 17.6 Å². The van der Waals surface area contributed by atoms with E-state index < -0.39 is 10.0 Å². The molecule has 0 unspecified atom stereocenters. The number of hydrogen-bond acceptors (Lipinski definition) is 3. The zero-order chi connectivity index (χ0) is 12.3. The van der Waals surface area contributed by atoms with Gasteiger partial charge in [0.15, 0.2) is 0 Å². The fourth-order valence-corrected chi connectivity index (χ4v) is 2.01. The van der Waals surface area contributed by atoms with Crippen LogP contribution in [0.25, 0.3) is 0 Å². The Labute approximate surface area is 104 Å². The topological polar surface area (TPSA) is 46.6 Å². The van der Waals surface area contributed by atoms with Crippen LogP contribution in [0.15, 0.2) is 22.7 Å². The van der Waals surface area contributed by atoms with Crippen molar-refractivity contribution in [2.75, 3.05) is 20.4 Å². The Morgan fingerprint density at radius 3 is 2.56 bits per heavy atom. The molecule has 0 spiro atoms. The number of methoxy groups -OCH3 is 1. The molecule has 1 rings (SSSR count). The number of rotatable bonds is 4. The summed E-state index contributed by atoms with van der Waals surface area (Å²) in [7, 11) is -0.0763. The maximum absolute atomic E-state index is 11.3. The second kappa shape index (κ2) is 5.16. The largest absolute Gasteiger partial charge is 0.496 e. The molecule has 0 aliphatic rings. The minimum Gasteiger partial charge on any atom is -0.496 e. The van der Waals surface area contributed by atoms with E-state index in [1.54, 1.807) is 13.2 Å². The van der Waals surface area contributed by atoms with Crippen molar-refractivity contribution in [1.82, 2.24) is 4.31 Å². The number of ether oxygens (including phenoxy) is 1. The molecule has 6 heteroatoms. The Morgan fingerprint density at radius 1 is 1.44 bits per heavy atom. The van der Waals surface area contributed by atoms with Gasteiger partial charge in [-0.15, -0.1) is 0 Å². The van der Waals surface area contributed by atoms with Gasteiger partial charge in [0.05, 0.1) is 13.4 Å². The summed E-state index contributed by atoms with van der Waals surface area (Å²) >= 11 is 3.34. The van der Waals surface area contributed by atoms with E-state index >= 15 is 0 Å². The number of nitrogens with zero attached hydrogens (tertiary/aromatic N) is 1. The molecular weight excluding hydrogens is 294 g/mol. The molecule has 0 saturated heterocycles. The number of sulfonamides is 1. The van der Waals surface area contributed by atoms with E-state index in [0.29, 0.717) is 12.3 Å². The zero-order valence-corrected chi connectivity index (χ0v) is 11.8. The van der Waals surface area contributed by atoms with Crippen molar-refractivity contribution in [3.8, 4) is 5.75 Å². The molecule has 1 aromatic rings. The van der Waals surface area contributed by atoms with E-state index in [1.807, 2.05) is 12.1 Å². The highest BCUT2D eigenvalue weighted by atomic mass is 79.9. The van der Waals surface area contributed by atoms with Gasteiger partial charge in [-0.25, -0.2) is 12.7 Å². The highest BCUT2D eigenvalue weighted by molar-refractivity contribution is 9.10. The predicted octanol–water partition coefficient (Wildman–Crippen LogP) is 1.85. The Kier molecular flexibility index (Phi) is 4.35. The average molecular weight is 308 g/mol. The van der Waals surface area contributed by atoms with Crippen molar-refractivity contribution >= 4 is 26.0 Å². The minimum atomic E-state index is -3.18. The van der Waals surface area contributed by atoms with Crippen molar-refractivity contribution < 1.29 is 13.2 Å². The van der Waals surface area contributed by atoms with Gasteiger partial charge in [-0.2, -0.15) is 0 Å². The highest BCUT2D eigenvalue weighted by Crippen LogP contribution is 2.24. The summed E-state index contributed by atoms with van der Waals surface area (Å²) < 4.78 is 29.9. The van der Waals surface area contributed by atoms with Gasteiger partial charge in [0.25, 0.3) is 0 Å². The Hall–Kier alpha value is -0.590. The summed E-state index contributed by atoms with van der Waals surface area (Å²) in [5, 5.41) is 0. The van der Waals surface area contributed by atoms with Crippen molar-refractivity contribution in [1.29, 1.82) is 0 Å².